The Balaban J connectivity index is 1.74. The smallest absolute Gasteiger partial charge is 0.461 e. The number of fused-ring (bicyclic) bond motifs is 1. The van der Waals surface area contributed by atoms with Crippen LogP contribution in [0, 0.1) is 0 Å². The predicted octanol–water partition coefficient (Wildman–Crippen LogP) is 3.48. The van der Waals surface area contributed by atoms with Crippen LogP contribution in [-0.2, 0) is 37.5 Å². The van der Waals surface area contributed by atoms with E-state index in [-0.39, 0.29) is 12.5 Å². The Bertz CT molecular complexity index is 1150. The monoisotopic (exact) mass is 479 g/mol. The highest BCUT2D eigenvalue weighted by Crippen LogP contribution is 2.38. The summed E-state index contributed by atoms with van der Waals surface area (Å²) >= 11 is 0. The molecule has 0 atom stereocenters. The van der Waals surface area contributed by atoms with E-state index in [0.29, 0.717) is 29.8 Å². The van der Waals surface area contributed by atoms with Crippen molar-refractivity contribution in [3.8, 4) is 0 Å². The fraction of sp³-hybridized carbons (Fsp3) is 0.481. The van der Waals surface area contributed by atoms with E-state index in [4.69, 9.17) is 14.0 Å². The summed E-state index contributed by atoms with van der Waals surface area (Å²) in [5.41, 5.74) is 2.32. The predicted molar refractivity (Wildman–Crippen MR) is 135 cm³/mol. The first-order valence-electron chi connectivity index (χ1n) is 12.0. The van der Waals surface area contributed by atoms with E-state index in [1.807, 2.05) is 52.0 Å². The molecule has 2 aromatic carbocycles. The molecule has 8 heteroatoms. The lowest BCUT2D eigenvalue weighted by Crippen LogP contribution is -2.42. The lowest BCUT2D eigenvalue weighted by molar-refractivity contribution is -0.142. The summed E-state index contributed by atoms with van der Waals surface area (Å²) in [6, 6.07) is 11.1. The zero-order chi connectivity index (χ0) is 25.8. The van der Waals surface area contributed by atoms with Gasteiger partial charge in [-0.05, 0) is 76.7 Å². The highest BCUT2D eigenvalue weighted by Gasteiger charge is 2.52. The quantitative estimate of drug-likeness (QED) is 0.522. The molecule has 1 fully saturated rings. The van der Waals surface area contributed by atoms with Crippen LogP contribution in [0.1, 0.15) is 75.5 Å². The number of anilines is 1. The van der Waals surface area contributed by atoms with Gasteiger partial charge in [0, 0.05) is 24.6 Å². The standard InChI is InChI=1S/C27H34BNO6/c1-17(30)33-16-21-22(28-34-26(4,5)27(6,7)35-28)9-8-10-23(21)29-14-13-18-15-19(25(2,3)32)11-12-20(18)24(29)31/h8-12,15,32H,13-14,16H2,1-7H3. The number of rotatable bonds is 5. The van der Waals surface area contributed by atoms with Crippen LogP contribution < -0.4 is 10.4 Å². The molecule has 2 aromatic rings. The molecule has 1 N–H and O–H groups in total. The van der Waals surface area contributed by atoms with E-state index < -0.39 is 29.9 Å². The van der Waals surface area contributed by atoms with Crippen molar-refractivity contribution in [1.29, 1.82) is 0 Å². The molecule has 0 saturated carbocycles. The number of carbonyl (C=O) groups is 2. The molecule has 0 bridgehead atoms. The molecule has 2 aliphatic rings. The van der Waals surface area contributed by atoms with Gasteiger partial charge in [-0.25, -0.2) is 0 Å². The van der Waals surface area contributed by atoms with E-state index in [2.05, 4.69) is 0 Å². The maximum atomic E-state index is 13.6. The Hall–Kier alpha value is -2.68. The molecule has 0 unspecified atom stereocenters. The van der Waals surface area contributed by atoms with Gasteiger partial charge in [0.1, 0.15) is 6.61 Å². The fourth-order valence-corrected chi connectivity index (χ4v) is 4.47. The summed E-state index contributed by atoms with van der Waals surface area (Å²) in [6.45, 7) is 13.2. The minimum Gasteiger partial charge on any atom is -0.461 e. The molecule has 4 rings (SSSR count). The Morgan fingerprint density at radius 1 is 1.14 bits per heavy atom. The van der Waals surface area contributed by atoms with Crippen molar-refractivity contribution in [2.45, 2.75) is 78.3 Å². The number of amides is 1. The molecular formula is C27H34BNO6. The second-order valence-corrected chi connectivity index (χ2v) is 10.9. The third-order valence-electron chi connectivity index (χ3n) is 7.30. The van der Waals surface area contributed by atoms with Crippen LogP contribution in [0.15, 0.2) is 36.4 Å². The molecule has 0 aliphatic carbocycles. The SMILES string of the molecule is CC(=O)OCc1c(B2OC(C)(C)C(C)(C)O2)cccc1N1CCc2cc(C(C)(C)O)ccc2C1=O. The number of hydrogen-bond donors (Lipinski definition) is 1. The van der Waals surface area contributed by atoms with Crippen molar-refractivity contribution in [3.63, 3.8) is 0 Å². The van der Waals surface area contributed by atoms with Gasteiger partial charge in [0.05, 0.1) is 22.5 Å². The first kappa shape index (κ1) is 25.4. The minimum absolute atomic E-state index is 0.000800. The number of ether oxygens (including phenoxy) is 1. The van der Waals surface area contributed by atoms with E-state index in [0.717, 1.165) is 16.6 Å². The molecule has 186 valence electrons. The molecule has 2 aliphatic heterocycles. The normalized spacial score (nSPS) is 19.0. The minimum atomic E-state index is -0.983. The molecule has 0 radical (unpaired) electrons. The Morgan fingerprint density at radius 2 is 1.80 bits per heavy atom. The highest BCUT2D eigenvalue weighted by atomic mass is 16.7. The van der Waals surface area contributed by atoms with Crippen molar-refractivity contribution in [2.75, 3.05) is 11.4 Å². The summed E-state index contributed by atoms with van der Waals surface area (Å²) in [4.78, 5) is 27.0. The van der Waals surface area contributed by atoms with E-state index in [1.54, 1.807) is 30.9 Å². The third kappa shape index (κ3) is 4.75. The van der Waals surface area contributed by atoms with Crippen LogP contribution >= 0.6 is 0 Å². The topological polar surface area (TPSA) is 85.3 Å². The van der Waals surface area contributed by atoms with E-state index >= 15 is 0 Å². The molecule has 0 aromatic heterocycles. The Labute approximate surface area is 207 Å². The maximum Gasteiger partial charge on any atom is 0.495 e. The van der Waals surface area contributed by atoms with Gasteiger partial charge < -0.3 is 24.1 Å². The average molecular weight is 479 g/mol. The Kier molecular flexibility index (Phi) is 6.37. The van der Waals surface area contributed by atoms with Crippen molar-refractivity contribution in [2.24, 2.45) is 0 Å². The summed E-state index contributed by atoms with van der Waals surface area (Å²) in [5, 5.41) is 10.4. The summed E-state index contributed by atoms with van der Waals surface area (Å²) in [7, 11) is -0.660. The van der Waals surface area contributed by atoms with Crippen LogP contribution in [0.3, 0.4) is 0 Å². The molecule has 1 amide bonds. The van der Waals surface area contributed by atoms with Crippen molar-refractivity contribution < 1.29 is 28.7 Å². The summed E-state index contributed by atoms with van der Waals surface area (Å²) in [5.74, 6) is -0.544. The van der Waals surface area contributed by atoms with Crippen LogP contribution in [0.25, 0.3) is 0 Å². The van der Waals surface area contributed by atoms with Gasteiger partial charge in [0.15, 0.2) is 0 Å². The van der Waals surface area contributed by atoms with Gasteiger partial charge >= 0.3 is 13.1 Å². The maximum absolute atomic E-state index is 13.6. The van der Waals surface area contributed by atoms with Crippen molar-refractivity contribution in [3.05, 3.63) is 58.7 Å². The lowest BCUT2D eigenvalue weighted by atomic mass is 9.75. The van der Waals surface area contributed by atoms with Gasteiger partial charge in [-0.2, -0.15) is 0 Å². The molecular weight excluding hydrogens is 445 g/mol. The molecule has 35 heavy (non-hydrogen) atoms. The van der Waals surface area contributed by atoms with Gasteiger partial charge in [-0.15, -0.1) is 0 Å². The zero-order valence-corrected chi connectivity index (χ0v) is 21.6. The van der Waals surface area contributed by atoms with E-state index in [1.165, 1.54) is 6.92 Å². The van der Waals surface area contributed by atoms with Gasteiger partial charge in [-0.1, -0.05) is 24.3 Å². The second-order valence-electron chi connectivity index (χ2n) is 10.9. The first-order valence-corrected chi connectivity index (χ1v) is 12.0. The van der Waals surface area contributed by atoms with Crippen molar-refractivity contribution in [1.82, 2.24) is 0 Å². The van der Waals surface area contributed by atoms with Crippen LogP contribution in [0.4, 0.5) is 5.69 Å². The molecule has 0 spiro atoms. The van der Waals surface area contributed by atoms with Crippen LogP contribution in [0.2, 0.25) is 0 Å². The number of carbonyl (C=O) groups excluding carboxylic acids is 2. The first-order chi connectivity index (χ1) is 16.2. The van der Waals surface area contributed by atoms with Crippen LogP contribution in [-0.4, -0.2) is 41.8 Å². The molecule has 2 heterocycles. The lowest BCUT2D eigenvalue weighted by Gasteiger charge is -2.32. The largest absolute Gasteiger partial charge is 0.495 e. The second kappa shape index (κ2) is 8.77. The number of nitrogens with zero attached hydrogens (tertiary/aromatic N) is 1. The number of hydrogen-bond acceptors (Lipinski definition) is 6. The Morgan fingerprint density at radius 3 is 2.40 bits per heavy atom. The zero-order valence-electron chi connectivity index (χ0n) is 21.6. The summed E-state index contributed by atoms with van der Waals surface area (Å²) < 4.78 is 18.0. The van der Waals surface area contributed by atoms with Crippen LogP contribution in [0.5, 0.6) is 0 Å². The van der Waals surface area contributed by atoms with Gasteiger partial charge in [0.2, 0.25) is 0 Å². The van der Waals surface area contributed by atoms with Gasteiger partial charge in [0.25, 0.3) is 5.91 Å². The average Bonchev–Trinajstić information content (AvgIpc) is 2.98. The van der Waals surface area contributed by atoms with E-state index in [9.17, 15) is 14.7 Å². The highest BCUT2D eigenvalue weighted by molar-refractivity contribution is 6.62. The third-order valence-corrected chi connectivity index (χ3v) is 7.30. The van der Waals surface area contributed by atoms with Crippen molar-refractivity contribution >= 4 is 30.1 Å². The number of aliphatic hydroxyl groups is 1. The summed E-state index contributed by atoms with van der Waals surface area (Å²) in [6.07, 6.45) is 0.638. The molecule has 1 saturated heterocycles. The number of esters is 1. The fourth-order valence-electron chi connectivity index (χ4n) is 4.47. The van der Waals surface area contributed by atoms with Gasteiger partial charge in [-0.3, -0.25) is 9.59 Å². The number of benzene rings is 2. The molecule has 7 nitrogen and oxygen atoms in total.